The van der Waals surface area contributed by atoms with Gasteiger partial charge in [-0.15, -0.1) is 11.3 Å². The molecule has 2 aliphatic heterocycles. The van der Waals surface area contributed by atoms with Crippen molar-refractivity contribution in [3.8, 4) is 17.0 Å². The summed E-state index contributed by atoms with van der Waals surface area (Å²) in [6.07, 6.45) is 1.98. The number of ether oxygens (including phenoxy) is 1. The molecule has 1 aromatic heterocycles. The molecule has 1 fully saturated rings. The van der Waals surface area contributed by atoms with E-state index in [-0.39, 0.29) is 17.6 Å². The Morgan fingerprint density at radius 1 is 1.36 bits per heavy atom. The number of anilines is 1. The molecule has 3 heterocycles. The number of hydrogen-bond acceptors (Lipinski definition) is 6. The van der Waals surface area contributed by atoms with Crippen molar-refractivity contribution in [1.29, 1.82) is 0 Å². The van der Waals surface area contributed by atoms with E-state index in [1.165, 1.54) is 21.2 Å². The van der Waals surface area contributed by atoms with E-state index in [4.69, 9.17) is 4.74 Å². The molecule has 0 bridgehead atoms. The number of fused-ring (bicyclic) bond motifs is 1. The number of nitrogens with one attached hydrogen (secondary N) is 1. The lowest BCUT2D eigenvalue weighted by Crippen LogP contribution is -2.42. The molecule has 1 saturated heterocycles. The van der Waals surface area contributed by atoms with Gasteiger partial charge in [-0.25, -0.2) is 17.7 Å². The Hall–Kier alpha value is -1.97. The highest BCUT2D eigenvalue weighted by atomic mass is 32.2. The largest absolute Gasteiger partial charge is 0.493 e. The molecule has 0 atom stereocenters. The molecule has 2 aromatic rings. The molecular formula is C19H23N3O4S2. The molecule has 0 saturated carbocycles. The highest BCUT2D eigenvalue weighted by molar-refractivity contribution is 7.89. The van der Waals surface area contributed by atoms with Gasteiger partial charge in [0, 0.05) is 36.4 Å². The Bertz CT molecular complexity index is 979. The van der Waals surface area contributed by atoms with E-state index in [1.54, 1.807) is 6.92 Å². The van der Waals surface area contributed by atoms with Crippen LogP contribution in [0.2, 0.25) is 0 Å². The van der Waals surface area contributed by atoms with Gasteiger partial charge in [0.15, 0.2) is 5.13 Å². The number of carbonyl (C=O) groups excluding carboxylic acids is 1. The molecule has 150 valence electrons. The second-order valence-electron chi connectivity index (χ2n) is 7.02. The van der Waals surface area contributed by atoms with Gasteiger partial charge in [-0.1, -0.05) is 0 Å². The number of hydrogen-bond donors (Lipinski definition) is 1. The molecule has 0 spiro atoms. The zero-order chi connectivity index (χ0) is 19.7. The predicted molar refractivity (Wildman–Crippen MR) is 109 cm³/mol. The van der Waals surface area contributed by atoms with Crippen LogP contribution in [0.15, 0.2) is 23.6 Å². The van der Waals surface area contributed by atoms with Gasteiger partial charge < -0.3 is 10.1 Å². The Labute approximate surface area is 168 Å². The van der Waals surface area contributed by atoms with Crippen molar-refractivity contribution >= 4 is 32.4 Å². The lowest BCUT2D eigenvalue weighted by molar-refractivity contribution is -0.120. The van der Waals surface area contributed by atoms with Crippen LogP contribution in [-0.4, -0.2) is 49.1 Å². The van der Waals surface area contributed by atoms with Gasteiger partial charge in [0.25, 0.3) is 0 Å². The van der Waals surface area contributed by atoms with Crippen molar-refractivity contribution in [2.24, 2.45) is 5.92 Å². The number of benzene rings is 1. The van der Waals surface area contributed by atoms with E-state index >= 15 is 0 Å². The summed E-state index contributed by atoms with van der Waals surface area (Å²) in [5, 5.41) is 5.40. The van der Waals surface area contributed by atoms with Crippen molar-refractivity contribution in [2.45, 2.75) is 26.2 Å². The molecule has 1 N–H and O–H groups in total. The maximum absolute atomic E-state index is 12.6. The number of piperidine rings is 1. The number of thiazole rings is 1. The summed E-state index contributed by atoms with van der Waals surface area (Å²) in [7, 11) is -3.18. The zero-order valence-electron chi connectivity index (χ0n) is 15.7. The summed E-state index contributed by atoms with van der Waals surface area (Å²) in [6.45, 7) is 3.15. The summed E-state index contributed by atoms with van der Waals surface area (Å²) < 4.78 is 30.9. The monoisotopic (exact) mass is 421 g/mol. The Kier molecular flexibility index (Phi) is 5.39. The van der Waals surface area contributed by atoms with Gasteiger partial charge in [-0.05, 0) is 43.5 Å². The van der Waals surface area contributed by atoms with E-state index in [0.29, 0.717) is 31.1 Å². The van der Waals surface area contributed by atoms with Crippen molar-refractivity contribution in [2.75, 3.05) is 30.8 Å². The summed E-state index contributed by atoms with van der Waals surface area (Å²) in [4.78, 5) is 17.1. The maximum Gasteiger partial charge on any atom is 0.229 e. The second kappa shape index (κ2) is 7.81. The lowest BCUT2D eigenvalue weighted by atomic mass is 9.97. The van der Waals surface area contributed by atoms with Crippen molar-refractivity contribution in [3.05, 3.63) is 29.1 Å². The Balaban J connectivity index is 1.37. The molecular weight excluding hydrogens is 398 g/mol. The van der Waals surface area contributed by atoms with Gasteiger partial charge in [0.1, 0.15) is 5.75 Å². The quantitative estimate of drug-likeness (QED) is 0.802. The van der Waals surface area contributed by atoms with E-state index in [2.05, 4.69) is 16.4 Å². The van der Waals surface area contributed by atoms with E-state index < -0.39 is 10.0 Å². The topological polar surface area (TPSA) is 88.6 Å². The fourth-order valence-electron chi connectivity index (χ4n) is 3.60. The number of nitrogens with zero attached hydrogens (tertiary/aromatic N) is 2. The van der Waals surface area contributed by atoms with Gasteiger partial charge >= 0.3 is 0 Å². The standard InChI is InChI=1S/C19H23N3O4S2/c1-2-28(24,25)22-8-5-13(6-9-22)18(23)21-19-20-16(12-27-19)14-3-4-17-15(11-14)7-10-26-17/h3-4,11-13H,2,5-10H2,1H3,(H,20,21,23). The minimum absolute atomic E-state index is 0.0863. The number of amides is 1. The molecule has 7 nitrogen and oxygen atoms in total. The molecule has 0 unspecified atom stereocenters. The summed E-state index contributed by atoms with van der Waals surface area (Å²) in [6, 6.07) is 6.04. The zero-order valence-corrected chi connectivity index (χ0v) is 17.3. The normalized spacial score (nSPS) is 17.9. The van der Waals surface area contributed by atoms with E-state index in [0.717, 1.165) is 30.0 Å². The molecule has 28 heavy (non-hydrogen) atoms. The minimum atomic E-state index is -3.18. The first-order valence-corrected chi connectivity index (χ1v) is 12.0. The van der Waals surface area contributed by atoms with Crippen LogP contribution in [0.1, 0.15) is 25.3 Å². The second-order valence-corrected chi connectivity index (χ2v) is 10.1. The molecule has 1 amide bonds. The molecule has 2 aliphatic rings. The van der Waals surface area contributed by atoms with E-state index in [1.807, 2.05) is 17.5 Å². The third kappa shape index (κ3) is 3.92. The summed E-state index contributed by atoms with van der Waals surface area (Å²) in [5.74, 6) is 0.758. The van der Waals surface area contributed by atoms with Crippen molar-refractivity contribution < 1.29 is 17.9 Å². The van der Waals surface area contributed by atoms with Gasteiger partial charge in [0.2, 0.25) is 15.9 Å². The van der Waals surface area contributed by atoms with Crippen molar-refractivity contribution in [1.82, 2.24) is 9.29 Å². The SMILES string of the molecule is CCS(=O)(=O)N1CCC(C(=O)Nc2nc(-c3ccc4c(c3)CCO4)cs2)CC1. The lowest BCUT2D eigenvalue weighted by Gasteiger charge is -2.30. The number of sulfonamides is 1. The fourth-order valence-corrected chi connectivity index (χ4v) is 5.45. The van der Waals surface area contributed by atoms with Crippen LogP contribution in [-0.2, 0) is 21.2 Å². The maximum atomic E-state index is 12.6. The van der Waals surface area contributed by atoms with Crippen LogP contribution in [0, 0.1) is 5.92 Å². The molecule has 9 heteroatoms. The summed E-state index contributed by atoms with van der Waals surface area (Å²) in [5.41, 5.74) is 3.03. The smallest absolute Gasteiger partial charge is 0.229 e. The average molecular weight is 422 g/mol. The van der Waals surface area contributed by atoms with Crippen LogP contribution in [0.5, 0.6) is 5.75 Å². The third-order valence-corrected chi connectivity index (χ3v) is 7.94. The minimum Gasteiger partial charge on any atom is -0.493 e. The summed E-state index contributed by atoms with van der Waals surface area (Å²) >= 11 is 1.40. The van der Waals surface area contributed by atoms with Crippen LogP contribution in [0.4, 0.5) is 5.13 Å². The molecule has 1 aromatic carbocycles. The third-order valence-electron chi connectivity index (χ3n) is 5.30. The highest BCUT2D eigenvalue weighted by Crippen LogP contribution is 2.32. The van der Waals surface area contributed by atoms with Crippen LogP contribution >= 0.6 is 11.3 Å². The van der Waals surface area contributed by atoms with E-state index in [9.17, 15) is 13.2 Å². The molecule has 0 aliphatic carbocycles. The highest BCUT2D eigenvalue weighted by Gasteiger charge is 2.30. The van der Waals surface area contributed by atoms with Crippen LogP contribution in [0.3, 0.4) is 0 Å². The average Bonchev–Trinajstić information content (AvgIpc) is 3.36. The number of rotatable bonds is 5. The van der Waals surface area contributed by atoms with Gasteiger partial charge in [-0.2, -0.15) is 0 Å². The Morgan fingerprint density at radius 3 is 2.89 bits per heavy atom. The first kappa shape index (κ1) is 19.4. The Morgan fingerprint density at radius 2 is 2.14 bits per heavy atom. The molecule has 4 rings (SSSR count). The predicted octanol–water partition coefficient (Wildman–Crippen LogP) is 2.75. The first-order valence-electron chi connectivity index (χ1n) is 9.46. The van der Waals surface area contributed by atoms with Crippen LogP contribution < -0.4 is 10.1 Å². The van der Waals surface area contributed by atoms with Crippen molar-refractivity contribution in [3.63, 3.8) is 0 Å². The first-order chi connectivity index (χ1) is 13.5. The van der Waals surface area contributed by atoms with Crippen LogP contribution in [0.25, 0.3) is 11.3 Å². The number of carbonyl (C=O) groups is 1. The number of aromatic nitrogens is 1. The fraction of sp³-hybridized carbons (Fsp3) is 0.474. The van der Waals surface area contributed by atoms with Gasteiger partial charge in [-0.3, -0.25) is 4.79 Å². The van der Waals surface area contributed by atoms with Gasteiger partial charge in [0.05, 0.1) is 18.1 Å². The molecule has 0 radical (unpaired) electrons.